The summed E-state index contributed by atoms with van der Waals surface area (Å²) in [5.41, 5.74) is 8.49. The van der Waals surface area contributed by atoms with Gasteiger partial charge in [0.25, 0.3) is 5.91 Å². The molecule has 0 saturated heterocycles. The number of hydrogen-bond acceptors (Lipinski definition) is 5. The minimum absolute atomic E-state index is 0.115. The van der Waals surface area contributed by atoms with E-state index >= 15 is 0 Å². The monoisotopic (exact) mass is 495 g/mol. The van der Waals surface area contributed by atoms with Crippen LogP contribution in [0, 0.1) is 29.9 Å². The van der Waals surface area contributed by atoms with E-state index < -0.39 is 17.5 Å². The van der Waals surface area contributed by atoms with E-state index in [2.05, 4.69) is 21.6 Å². The van der Waals surface area contributed by atoms with Crippen molar-refractivity contribution in [2.75, 3.05) is 12.3 Å². The molecule has 4 rings (SSSR count). The van der Waals surface area contributed by atoms with Crippen LogP contribution in [0.1, 0.15) is 33.7 Å². The molecule has 11 heteroatoms. The largest absolute Gasteiger partial charge is 0.382 e. The van der Waals surface area contributed by atoms with E-state index in [1.54, 1.807) is 6.92 Å². The van der Waals surface area contributed by atoms with Gasteiger partial charge in [-0.2, -0.15) is 15.5 Å². The second kappa shape index (κ2) is 9.95. The first-order valence-corrected chi connectivity index (χ1v) is 11.0. The van der Waals surface area contributed by atoms with Gasteiger partial charge in [0.05, 0.1) is 28.3 Å². The average Bonchev–Trinajstić information content (AvgIpc) is 3.32. The SMILES string of the molecule is Cc1nn(-c2ccc(F)cc2)c(Cl)c1C(=O)NCCCc1nn(-c2ccc(F)cc2)c(N)c1C#N. The fourth-order valence-corrected chi connectivity index (χ4v) is 3.97. The molecule has 0 fully saturated rings. The lowest BCUT2D eigenvalue weighted by molar-refractivity contribution is 0.0952. The van der Waals surface area contributed by atoms with E-state index in [1.807, 2.05) is 0 Å². The molecule has 2 aromatic heterocycles. The molecule has 0 aliphatic rings. The molecule has 8 nitrogen and oxygen atoms in total. The first-order valence-electron chi connectivity index (χ1n) is 10.6. The second-order valence-corrected chi connectivity index (χ2v) is 8.06. The highest BCUT2D eigenvalue weighted by Crippen LogP contribution is 2.24. The number of nitrogens with two attached hydrogens (primary N) is 1. The number of amides is 1. The summed E-state index contributed by atoms with van der Waals surface area (Å²) in [6.07, 6.45) is 0.853. The summed E-state index contributed by atoms with van der Waals surface area (Å²) in [6.45, 7) is 1.94. The highest BCUT2D eigenvalue weighted by Gasteiger charge is 2.21. The first kappa shape index (κ1) is 23.9. The van der Waals surface area contributed by atoms with Crippen molar-refractivity contribution in [2.24, 2.45) is 0 Å². The highest BCUT2D eigenvalue weighted by molar-refractivity contribution is 6.33. The number of aryl methyl sites for hydroxylation is 2. The third-order valence-electron chi connectivity index (χ3n) is 5.35. The summed E-state index contributed by atoms with van der Waals surface area (Å²) in [6, 6.07) is 13.2. The van der Waals surface area contributed by atoms with Gasteiger partial charge in [-0.1, -0.05) is 11.6 Å². The maximum Gasteiger partial charge on any atom is 0.256 e. The summed E-state index contributed by atoms with van der Waals surface area (Å²) in [5, 5.41) is 21.1. The second-order valence-electron chi connectivity index (χ2n) is 7.71. The Labute approximate surface area is 204 Å². The zero-order valence-electron chi connectivity index (χ0n) is 18.6. The molecule has 0 aliphatic heterocycles. The quantitative estimate of drug-likeness (QED) is 0.374. The lowest BCUT2D eigenvalue weighted by Crippen LogP contribution is -2.25. The maximum atomic E-state index is 13.2. The minimum Gasteiger partial charge on any atom is -0.382 e. The van der Waals surface area contributed by atoms with Crippen molar-refractivity contribution >= 4 is 23.3 Å². The number of carbonyl (C=O) groups is 1. The lowest BCUT2D eigenvalue weighted by Gasteiger charge is -2.06. The number of benzene rings is 2. The number of rotatable bonds is 7. The predicted molar refractivity (Wildman–Crippen MR) is 127 cm³/mol. The molecule has 0 atom stereocenters. The molecule has 0 saturated carbocycles. The van der Waals surface area contributed by atoms with Crippen LogP contribution in [0.5, 0.6) is 0 Å². The van der Waals surface area contributed by atoms with E-state index in [1.165, 1.54) is 57.9 Å². The molecule has 3 N–H and O–H groups in total. The molecule has 0 unspecified atom stereocenters. The number of carbonyl (C=O) groups excluding carboxylic acids is 1. The van der Waals surface area contributed by atoms with Crippen molar-refractivity contribution in [3.05, 3.63) is 87.8 Å². The fraction of sp³-hybridized carbons (Fsp3) is 0.167. The summed E-state index contributed by atoms with van der Waals surface area (Å²) in [5.74, 6) is -1.03. The summed E-state index contributed by atoms with van der Waals surface area (Å²) < 4.78 is 29.2. The first-order chi connectivity index (χ1) is 16.8. The summed E-state index contributed by atoms with van der Waals surface area (Å²) in [4.78, 5) is 12.8. The number of nitrogens with one attached hydrogen (secondary N) is 1. The van der Waals surface area contributed by atoms with Crippen LogP contribution >= 0.6 is 11.6 Å². The smallest absolute Gasteiger partial charge is 0.256 e. The van der Waals surface area contributed by atoms with Gasteiger partial charge in [-0.3, -0.25) is 4.79 Å². The van der Waals surface area contributed by atoms with Crippen LogP contribution in [0.15, 0.2) is 48.5 Å². The van der Waals surface area contributed by atoms with Crippen LogP contribution < -0.4 is 11.1 Å². The highest BCUT2D eigenvalue weighted by atomic mass is 35.5. The molecule has 35 heavy (non-hydrogen) atoms. The minimum atomic E-state index is -0.405. The Hall–Kier alpha value is -4.23. The van der Waals surface area contributed by atoms with Crippen molar-refractivity contribution in [3.63, 3.8) is 0 Å². The van der Waals surface area contributed by atoms with E-state index in [0.717, 1.165) is 0 Å². The third-order valence-corrected chi connectivity index (χ3v) is 5.70. The number of nitriles is 1. The summed E-state index contributed by atoms with van der Waals surface area (Å²) >= 11 is 6.39. The van der Waals surface area contributed by atoms with Gasteiger partial charge < -0.3 is 11.1 Å². The van der Waals surface area contributed by atoms with Crippen molar-refractivity contribution in [2.45, 2.75) is 19.8 Å². The standard InChI is InChI=1S/C24H20ClF2N7O/c1-14-21(22(25)33(31-14)17-8-4-15(26)5-9-17)24(35)30-12-2-3-20-19(13-28)23(29)34(32-20)18-10-6-16(27)7-11-18/h4-11H,2-3,12,29H2,1H3,(H,30,35). The van der Waals surface area contributed by atoms with Crippen LogP contribution in [0.3, 0.4) is 0 Å². The number of nitrogens with zero attached hydrogens (tertiary/aromatic N) is 5. The molecule has 4 aromatic rings. The Morgan fingerprint density at radius 2 is 1.63 bits per heavy atom. The molecule has 0 bridgehead atoms. The number of aromatic nitrogens is 4. The van der Waals surface area contributed by atoms with Gasteiger partial charge in [-0.15, -0.1) is 0 Å². The predicted octanol–water partition coefficient (Wildman–Crippen LogP) is 4.11. The third kappa shape index (κ3) is 4.85. The number of halogens is 3. The fourth-order valence-electron chi connectivity index (χ4n) is 3.61. The lowest BCUT2D eigenvalue weighted by atomic mass is 10.1. The molecule has 0 aliphatic carbocycles. The van der Waals surface area contributed by atoms with E-state index in [0.29, 0.717) is 35.6 Å². The molecule has 2 heterocycles. The Balaban J connectivity index is 1.42. The molecule has 0 spiro atoms. The van der Waals surface area contributed by atoms with E-state index in [9.17, 15) is 18.8 Å². The average molecular weight is 496 g/mol. The van der Waals surface area contributed by atoms with Gasteiger partial charge in [-0.25, -0.2) is 18.1 Å². The van der Waals surface area contributed by atoms with Gasteiger partial charge >= 0.3 is 0 Å². The molecule has 2 aromatic carbocycles. The van der Waals surface area contributed by atoms with Gasteiger partial charge in [0.2, 0.25) is 0 Å². The summed E-state index contributed by atoms with van der Waals surface area (Å²) in [7, 11) is 0. The Morgan fingerprint density at radius 3 is 2.20 bits per heavy atom. The van der Waals surface area contributed by atoms with Crippen molar-refractivity contribution < 1.29 is 13.6 Å². The Bertz CT molecular complexity index is 1420. The Kier molecular flexibility index (Phi) is 6.80. The van der Waals surface area contributed by atoms with E-state index in [-0.39, 0.29) is 28.6 Å². The molecule has 178 valence electrons. The van der Waals surface area contributed by atoms with Crippen LogP contribution in [0.25, 0.3) is 11.4 Å². The maximum absolute atomic E-state index is 13.2. The van der Waals surface area contributed by atoms with Crippen molar-refractivity contribution in [1.82, 2.24) is 24.9 Å². The van der Waals surface area contributed by atoms with Gasteiger partial charge in [0.1, 0.15) is 34.2 Å². The van der Waals surface area contributed by atoms with Gasteiger partial charge in [0, 0.05) is 6.54 Å². The zero-order valence-corrected chi connectivity index (χ0v) is 19.4. The van der Waals surface area contributed by atoms with Crippen molar-refractivity contribution in [1.29, 1.82) is 5.26 Å². The van der Waals surface area contributed by atoms with E-state index in [4.69, 9.17) is 17.3 Å². The molecule has 1 amide bonds. The molecule has 0 radical (unpaired) electrons. The number of anilines is 1. The van der Waals surface area contributed by atoms with Crippen LogP contribution in [0.4, 0.5) is 14.6 Å². The van der Waals surface area contributed by atoms with Crippen LogP contribution in [-0.2, 0) is 6.42 Å². The van der Waals surface area contributed by atoms with Gasteiger partial charge in [0.15, 0.2) is 0 Å². The number of hydrogen-bond donors (Lipinski definition) is 2. The molecular formula is C24H20ClF2N7O. The molecular weight excluding hydrogens is 476 g/mol. The topological polar surface area (TPSA) is 115 Å². The van der Waals surface area contributed by atoms with Crippen LogP contribution in [-0.4, -0.2) is 32.0 Å². The Morgan fingerprint density at radius 1 is 1.06 bits per heavy atom. The van der Waals surface area contributed by atoms with Crippen molar-refractivity contribution in [3.8, 4) is 17.4 Å². The number of nitrogen functional groups attached to an aromatic ring is 1. The van der Waals surface area contributed by atoms with Gasteiger partial charge in [-0.05, 0) is 68.3 Å². The van der Waals surface area contributed by atoms with Crippen LogP contribution in [0.2, 0.25) is 5.15 Å². The normalized spacial score (nSPS) is 10.8. The zero-order chi connectivity index (χ0) is 25.1.